The highest BCUT2D eigenvalue weighted by Crippen LogP contribution is 2.32. The van der Waals surface area contributed by atoms with Gasteiger partial charge in [0.2, 0.25) is 0 Å². The lowest BCUT2D eigenvalue weighted by atomic mass is 10.2. The number of hydrogen-bond acceptors (Lipinski definition) is 1. The van der Waals surface area contributed by atoms with E-state index >= 15 is 0 Å². The van der Waals surface area contributed by atoms with Crippen LogP contribution in [0.5, 0.6) is 0 Å². The Kier molecular flexibility index (Phi) is 4.62. The molecule has 0 saturated heterocycles. The van der Waals surface area contributed by atoms with E-state index in [1.165, 1.54) is 12.1 Å². The summed E-state index contributed by atoms with van der Waals surface area (Å²) in [5.74, 6) is -1.80. The van der Waals surface area contributed by atoms with E-state index in [0.29, 0.717) is 4.47 Å². The van der Waals surface area contributed by atoms with Gasteiger partial charge in [-0.2, -0.15) is 0 Å². The Balaban J connectivity index is 2.35. The number of carbonyl (C=O) groups excluding carboxylic acids is 1. The van der Waals surface area contributed by atoms with Crippen LogP contribution in [-0.4, -0.2) is 5.91 Å². The maximum absolute atomic E-state index is 13.2. The largest absolute Gasteiger partial charge is 0.319 e. The first-order valence-corrected chi connectivity index (χ1v) is 6.84. The third-order valence-electron chi connectivity index (χ3n) is 2.42. The molecule has 0 unspecified atom stereocenters. The average molecular weight is 381 g/mol. The van der Waals surface area contributed by atoms with Crippen molar-refractivity contribution in [2.75, 3.05) is 5.32 Å². The normalized spacial score (nSPS) is 10.4. The molecule has 20 heavy (non-hydrogen) atoms. The SMILES string of the molecule is O=C(Nc1c(Cl)cc(F)cc1Cl)c1cc(F)ccc1Br. The van der Waals surface area contributed by atoms with Crippen molar-refractivity contribution in [2.45, 2.75) is 0 Å². The minimum Gasteiger partial charge on any atom is -0.319 e. The fourth-order valence-corrected chi connectivity index (χ4v) is 2.50. The van der Waals surface area contributed by atoms with Crippen LogP contribution in [0.25, 0.3) is 0 Å². The van der Waals surface area contributed by atoms with Crippen LogP contribution in [0.2, 0.25) is 10.0 Å². The highest BCUT2D eigenvalue weighted by atomic mass is 79.9. The van der Waals surface area contributed by atoms with Gasteiger partial charge >= 0.3 is 0 Å². The van der Waals surface area contributed by atoms with E-state index in [1.807, 2.05) is 0 Å². The second-order valence-corrected chi connectivity index (χ2v) is 5.49. The van der Waals surface area contributed by atoms with Crippen LogP contribution in [0.15, 0.2) is 34.8 Å². The van der Waals surface area contributed by atoms with Crippen molar-refractivity contribution in [2.24, 2.45) is 0 Å². The quantitative estimate of drug-likeness (QED) is 0.753. The fourth-order valence-electron chi connectivity index (χ4n) is 1.51. The van der Waals surface area contributed by atoms with Gasteiger partial charge in [0.1, 0.15) is 11.6 Å². The van der Waals surface area contributed by atoms with Crippen molar-refractivity contribution in [3.63, 3.8) is 0 Å². The summed E-state index contributed by atoms with van der Waals surface area (Å²) in [6.45, 7) is 0. The Morgan fingerprint density at radius 2 is 1.65 bits per heavy atom. The molecule has 2 aromatic rings. The Morgan fingerprint density at radius 1 is 1.05 bits per heavy atom. The lowest BCUT2D eigenvalue weighted by Crippen LogP contribution is -2.13. The summed E-state index contributed by atoms with van der Waals surface area (Å²) in [6, 6.07) is 5.70. The van der Waals surface area contributed by atoms with Crippen LogP contribution in [-0.2, 0) is 0 Å². The smallest absolute Gasteiger partial charge is 0.256 e. The Morgan fingerprint density at radius 3 is 2.25 bits per heavy atom. The van der Waals surface area contributed by atoms with Crippen LogP contribution < -0.4 is 5.32 Å². The van der Waals surface area contributed by atoms with Gasteiger partial charge in [-0.1, -0.05) is 23.2 Å². The lowest BCUT2D eigenvalue weighted by Gasteiger charge is -2.10. The zero-order valence-electron chi connectivity index (χ0n) is 9.68. The minimum atomic E-state index is -0.620. The van der Waals surface area contributed by atoms with Crippen LogP contribution in [0.4, 0.5) is 14.5 Å². The molecule has 0 atom stereocenters. The van der Waals surface area contributed by atoms with Gasteiger partial charge in [-0.05, 0) is 46.3 Å². The number of halogens is 5. The molecular weight excluding hydrogens is 375 g/mol. The summed E-state index contributed by atoms with van der Waals surface area (Å²) in [6.07, 6.45) is 0. The van der Waals surface area contributed by atoms with E-state index in [-0.39, 0.29) is 21.3 Å². The maximum Gasteiger partial charge on any atom is 0.256 e. The maximum atomic E-state index is 13.2. The molecule has 0 saturated carbocycles. The number of carbonyl (C=O) groups is 1. The number of benzene rings is 2. The molecule has 0 bridgehead atoms. The van der Waals surface area contributed by atoms with Gasteiger partial charge in [0.05, 0.1) is 21.3 Å². The van der Waals surface area contributed by atoms with E-state index in [0.717, 1.165) is 18.2 Å². The monoisotopic (exact) mass is 379 g/mol. The van der Waals surface area contributed by atoms with Gasteiger partial charge < -0.3 is 5.32 Å². The van der Waals surface area contributed by atoms with Crippen molar-refractivity contribution >= 4 is 50.7 Å². The molecule has 0 aliphatic rings. The van der Waals surface area contributed by atoms with Gasteiger partial charge in [-0.3, -0.25) is 4.79 Å². The van der Waals surface area contributed by atoms with Crippen LogP contribution in [0.1, 0.15) is 10.4 Å². The van der Waals surface area contributed by atoms with Gasteiger partial charge in [-0.25, -0.2) is 8.78 Å². The van der Waals surface area contributed by atoms with Crippen molar-refractivity contribution in [3.8, 4) is 0 Å². The summed E-state index contributed by atoms with van der Waals surface area (Å²) in [5, 5.41) is 2.33. The standard InChI is InChI=1S/C13H6BrCl2F2NO/c14-9-2-1-6(17)3-8(9)13(20)19-12-10(15)4-7(18)5-11(12)16/h1-5H,(H,19,20). The zero-order valence-corrected chi connectivity index (χ0v) is 12.8. The summed E-state index contributed by atoms with van der Waals surface area (Å²) < 4.78 is 26.6. The summed E-state index contributed by atoms with van der Waals surface area (Å²) in [7, 11) is 0. The van der Waals surface area contributed by atoms with Gasteiger partial charge in [-0.15, -0.1) is 0 Å². The summed E-state index contributed by atoms with van der Waals surface area (Å²) >= 11 is 14.8. The van der Waals surface area contributed by atoms with Crippen molar-refractivity contribution < 1.29 is 13.6 Å². The van der Waals surface area contributed by atoms with E-state index in [1.54, 1.807) is 0 Å². The highest BCUT2D eigenvalue weighted by Gasteiger charge is 2.15. The molecule has 0 spiro atoms. The van der Waals surface area contributed by atoms with Crippen LogP contribution >= 0.6 is 39.1 Å². The molecule has 0 heterocycles. The second kappa shape index (κ2) is 6.08. The fraction of sp³-hybridized carbons (Fsp3) is 0. The molecular formula is C13H6BrCl2F2NO. The molecule has 0 aliphatic carbocycles. The molecule has 1 N–H and O–H groups in total. The van der Waals surface area contributed by atoms with E-state index in [9.17, 15) is 13.6 Å². The van der Waals surface area contributed by atoms with E-state index in [2.05, 4.69) is 21.2 Å². The molecule has 1 amide bonds. The molecule has 104 valence electrons. The molecule has 7 heteroatoms. The van der Waals surface area contributed by atoms with Gasteiger partial charge in [0.25, 0.3) is 5.91 Å². The second-order valence-electron chi connectivity index (χ2n) is 3.82. The molecule has 0 aromatic heterocycles. The molecule has 0 fully saturated rings. The molecule has 2 nitrogen and oxygen atoms in total. The van der Waals surface area contributed by atoms with Gasteiger partial charge in [0, 0.05) is 4.47 Å². The first kappa shape index (κ1) is 15.2. The van der Waals surface area contributed by atoms with Crippen LogP contribution in [0, 0.1) is 11.6 Å². The first-order chi connectivity index (χ1) is 9.38. The van der Waals surface area contributed by atoms with Crippen molar-refractivity contribution in [1.29, 1.82) is 0 Å². The number of hydrogen-bond donors (Lipinski definition) is 1. The van der Waals surface area contributed by atoms with E-state index < -0.39 is 17.5 Å². The topological polar surface area (TPSA) is 29.1 Å². The Hall–Kier alpha value is -1.17. The predicted molar refractivity (Wildman–Crippen MR) is 78.5 cm³/mol. The third-order valence-corrected chi connectivity index (χ3v) is 3.71. The summed E-state index contributed by atoms with van der Waals surface area (Å²) in [4.78, 5) is 12.1. The first-order valence-electron chi connectivity index (χ1n) is 5.29. The zero-order chi connectivity index (χ0) is 14.9. The van der Waals surface area contributed by atoms with Crippen molar-refractivity contribution in [1.82, 2.24) is 0 Å². The Labute approximate surface area is 131 Å². The molecule has 2 rings (SSSR count). The number of nitrogens with one attached hydrogen (secondary N) is 1. The van der Waals surface area contributed by atoms with Crippen LogP contribution in [0.3, 0.4) is 0 Å². The highest BCUT2D eigenvalue weighted by molar-refractivity contribution is 9.10. The molecule has 0 aliphatic heterocycles. The predicted octanol–water partition coefficient (Wildman–Crippen LogP) is 5.29. The summed E-state index contributed by atoms with van der Waals surface area (Å²) in [5.41, 5.74) is 0.136. The number of rotatable bonds is 2. The number of amides is 1. The number of anilines is 1. The van der Waals surface area contributed by atoms with Crippen molar-refractivity contribution in [3.05, 3.63) is 62.0 Å². The average Bonchev–Trinajstić information content (AvgIpc) is 2.36. The van der Waals surface area contributed by atoms with E-state index in [4.69, 9.17) is 23.2 Å². The van der Waals surface area contributed by atoms with Gasteiger partial charge in [0.15, 0.2) is 0 Å². The lowest BCUT2D eigenvalue weighted by molar-refractivity contribution is 0.102. The third kappa shape index (κ3) is 3.29. The minimum absolute atomic E-state index is 0.0455. The molecule has 2 aromatic carbocycles. The Bertz CT molecular complexity index is 671. The molecule has 0 radical (unpaired) electrons.